The minimum atomic E-state index is -1.66. The Kier molecular flexibility index (Phi) is 9.12. The lowest BCUT2D eigenvalue weighted by molar-refractivity contribution is -0.212. The molecule has 16 heteroatoms. The van der Waals surface area contributed by atoms with Crippen molar-refractivity contribution in [2.24, 2.45) is 0 Å². The Hall–Kier alpha value is -4.18. The van der Waals surface area contributed by atoms with Gasteiger partial charge in [0, 0.05) is 43.5 Å². The van der Waals surface area contributed by atoms with Crippen LogP contribution in [0, 0.1) is 17.5 Å². The summed E-state index contributed by atoms with van der Waals surface area (Å²) in [6.07, 6.45) is -1.05. The minimum Gasteiger partial charge on any atom is -0.463 e. The number of aromatic amines is 1. The first kappa shape index (κ1) is 29.8. The summed E-state index contributed by atoms with van der Waals surface area (Å²) in [4.78, 5) is 50.8. The molecule has 2 aromatic heterocycles. The summed E-state index contributed by atoms with van der Waals surface area (Å²) in [5.41, 5.74) is -1.74. The molecule has 0 bridgehead atoms. The molecule has 0 amide bonds. The Morgan fingerprint density at radius 2 is 1.68 bits per heavy atom. The smallest absolute Gasteiger partial charge is 0.303 e. The lowest BCUT2D eigenvalue weighted by Crippen LogP contribution is -2.57. The molecular weight excluding hydrogens is 573 g/mol. The predicted molar refractivity (Wildman–Crippen MR) is 134 cm³/mol. The molecule has 3 heterocycles. The number of H-pyrrole nitrogens is 1. The highest BCUT2D eigenvalue weighted by Crippen LogP contribution is 2.41. The lowest BCUT2D eigenvalue weighted by atomic mass is 9.96. The number of thioether (sulfide) groups is 1. The van der Waals surface area contributed by atoms with Crippen molar-refractivity contribution in [3.8, 4) is 11.3 Å². The molecule has 2 unspecified atom stereocenters. The highest BCUT2D eigenvalue weighted by Gasteiger charge is 2.52. The molecule has 1 saturated heterocycles. The number of nitrogens with one attached hydrogen (secondary N) is 1. The number of rotatable bonds is 8. The normalized spacial score (nSPS) is 22.1. The van der Waals surface area contributed by atoms with Gasteiger partial charge in [-0.25, -0.2) is 17.9 Å². The average Bonchev–Trinajstić information content (AvgIpc) is 3.37. The molecule has 0 radical (unpaired) electrons. The summed E-state index contributed by atoms with van der Waals surface area (Å²) in [6.45, 7) is 3.03. The van der Waals surface area contributed by atoms with Gasteiger partial charge in [0.1, 0.15) is 29.9 Å². The Morgan fingerprint density at radius 3 is 2.29 bits per heavy atom. The number of carbonyl (C=O) groups is 3. The maximum absolute atomic E-state index is 13.9. The number of pyridine rings is 1. The fraction of sp³-hybridized carbons (Fsp3) is 0.360. The number of hydrogen-bond donors (Lipinski definition) is 1. The highest BCUT2D eigenvalue weighted by molar-refractivity contribution is 7.99. The summed E-state index contributed by atoms with van der Waals surface area (Å²) in [7, 11) is 0. The van der Waals surface area contributed by atoms with Gasteiger partial charge in [-0.05, 0) is 18.2 Å². The molecule has 1 N–H and O–H groups in total. The molecule has 5 atom stereocenters. The van der Waals surface area contributed by atoms with E-state index in [2.05, 4.69) is 15.3 Å². The molecule has 0 saturated carbocycles. The van der Waals surface area contributed by atoms with Gasteiger partial charge in [0.05, 0.1) is 6.20 Å². The van der Waals surface area contributed by atoms with Crippen LogP contribution >= 0.6 is 11.8 Å². The molecule has 12 nitrogen and oxygen atoms in total. The van der Waals surface area contributed by atoms with E-state index in [9.17, 15) is 32.3 Å². The van der Waals surface area contributed by atoms with Crippen LogP contribution in [-0.4, -0.2) is 68.2 Å². The van der Waals surface area contributed by atoms with Crippen molar-refractivity contribution in [3.63, 3.8) is 0 Å². The maximum atomic E-state index is 13.9. The number of aromatic nitrogens is 4. The van der Waals surface area contributed by atoms with Gasteiger partial charge >= 0.3 is 17.9 Å². The molecule has 1 aliphatic rings. The fourth-order valence-electron chi connectivity index (χ4n) is 4.17. The molecule has 1 aromatic carbocycles. The van der Waals surface area contributed by atoms with Crippen LogP contribution in [0.2, 0.25) is 0 Å². The van der Waals surface area contributed by atoms with E-state index in [0.717, 1.165) is 49.3 Å². The zero-order valence-electron chi connectivity index (χ0n) is 21.7. The van der Waals surface area contributed by atoms with E-state index < -0.39 is 70.7 Å². The van der Waals surface area contributed by atoms with Crippen LogP contribution in [-0.2, 0) is 33.3 Å². The van der Waals surface area contributed by atoms with Gasteiger partial charge in [-0.15, -0.1) is 5.10 Å². The first-order valence-corrected chi connectivity index (χ1v) is 12.9. The second kappa shape index (κ2) is 12.6. The van der Waals surface area contributed by atoms with E-state index in [4.69, 9.17) is 18.9 Å². The van der Waals surface area contributed by atoms with Gasteiger partial charge in [-0.2, -0.15) is 0 Å². The molecule has 41 heavy (non-hydrogen) atoms. The Balaban J connectivity index is 1.82. The first-order chi connectivity index (χ1) is 19.4. The topological polar surface area (TPSA) is 152 Å². The Labute approximate surface area is 234 Å². The number of ether oxygens (including phenoxy) is 4. The third-order valence-corrected chi connectivity index (χ3v) is 6.90. The van der Waals surface area contributed by atoms with E-state index in [1.54, 1.807) is 6.07 Å². The van der Waals surface area contributed by atoms with Crippen molar-refractivity contribution in [1.29, 1.82) is 0 Å². The van der Waals surface area contributed by atoms with Crippen LogP contribution in [0.25, 0.3) is 11.3 Å². The monoisotopic (exact) mass is 596 g/mol. The van der Waals surface area contributed by atoms with Gasteiger partial charge < -0.3 is 23.9 Å². The summed E-state index contributed by atoms with van der Waals surface area (Å²) in [5.74, 6) is -6.73. The van der Waals surface area contributed by atoms with Gasteiger partial charge in [0.25, 0.3) is 0 Å². The van der Waals surface area contributed by atoms with Crippen LogP contribution in [0.5, 0.6) is 0 Å². The SMILES string of the molecule is CC(=O)OCC1O[C@H](Sc2cc[nH]c(=O)c2)C(OC(C)=O)[C@@H](n2cc(-c3cc(F)c(F)c(F)c3)nn2)[C@H]1OC(C)=O. The Bertz CT molecular complexity index is 1490. The quantitative estimate of drug-likeness (QED) is 0.232. The summed E-state index contributed by atoms with van der Waals surface area (Å²) >= 11 is 0.992. The molecule has 0 spiro atoms. The third kappa shape index (κ3) is 7.13. The summed E-state index contributed by atoms with van der Waals surface area (Å²) in [5, 5.41) is 7.93. The van der Waals surface area contributed by atoms with Crippen molar-refractivity contribution in [2.45, 2.75) is 55.5 Å². The van der Waals surface area contributed by atoms with E-state index in [1.165, 1.54) is 18.5 Å². The van der Waals surface area contributed by atoms with Crippen LogP contribution in [0.3, 0.4) is 0 Å². The molecule has 3 aromatic rings. The fourth-order valence-corrected chi connectivity index (χ4v) is 5.31. The second-order valence-corrected chi connectivity index (χ2v) is 10.0. The van der Waals surface area contributed by atoms with Crippen molar-refractivity contribution < 1.29 is 46.5 Å². The van der Waals surface area contributed by atoms with E-state index in [0.29, 0.717) is 4.90 Å². The molecule has 0 aliphatic carbocycles. The van der Waals surface area contributed by atoms with Gasteiger partial charge in [-0.3, -0.25) is 19.2 Å². The number of carbonyl (C=O) groups excluding carboxylic acids is 3. The zero-order chi connectivity index (χ0) is 29.8. The number of halogens is 3. The summed E-state index contributed by atoms with van der Waals surface area (Å²) in [6, 6.07) is 3.10. The van der Waals surface area contributed by atoms with Crippen molar-refractivity contribution >= 4 is 29.7 Å². The molecular formula is C25H23F3N4O8S. The highest BCUT2D eigenvalue weighted by atomic mass is 32.2. The Morgan fingerprint density at radius 1 is 1.02 bits per heavy atom. The van der Waals surface area contributed by atoms with Crippen LogP contribution in [0.15, 0.2) is 46.3 Å². The van der Waals surface area contributed by atoms with Crippen LogP contribution in [0.1, 0.15) is 26.8 Å². The van der Waals surface area contributed by atoms with Crippen LogP contribution in [0.4, 0.5) is 13.2 Å². The number of benzene rings is 1. The number of hydrogen-bond acceptors (Lipinski definition) is 11. The average molecular weight is 597 g/mol. The maximum Gasteiger partial charge on any atom is 0.303 e. The molecule has 218 valence electrons. The standard InChI is InChI=1S/C25H23F3N4O8S/c1-11(33)37-10-19-23(38-12(2)34)22(32-9-18(30-31-32)14-6-16(26)21(28)17(27)7-14)24(39-13(3)35)25(40-19)41-15-4-5-29-20(36)8-15/h4-9,19,22-25H,10H2,1-3H3,(H,29,36)/t19?,22-,23-,24?,25+/m0/s1. The van der Waals surface area contributed by atoms with Crippen LogP contribution < -0.4 is 5.56 Å². The summed E-state index contributed by atoms with van der Waals surface area (Å²) < 4.78 is 64.9. The van der Waals surface area contributed by atoms with Gasteiger partial charge in [-0.1, -0.05) is 17.0 Å². The first-order valence-electron chi connectivity index (χ1n) is 12.0. The minimum absolute atomic E-state index is 0.0900. The molecule has 1 fully saturated rings. The number of nitrogens with zero attached hydrogens (tertiary/aromatic N) is 3. The number of esters is 3. The van der Waals surface area contributed by atoms with Crippen molar-refractivity contribution in [1.82, 2.24) is 20.0 Å². The van der Waals surface area contributed by atoms with Crippen molar-refractivity contribution in [2.75, 3.05) is 6.61 Å². The lowest BCUT2D eigenvalue weighted by Gasteiger charge is -2.44. The van der Waals surface area contributed by atoms with E-state index >= 15 is 0 Å². The predicted octanol–water partition coefficient (Wildman–Crippen LogP) is 2.54. The third-order valence-electron chi connectivity index (χ3n) is 5.77. The van der Waals surface area contributed by atoms with Crippen molar-refractivity contribution in [3.05, 3.63) is 64.5 Å². The van der Waals surface area contributed by atoms with E-state index in [-0.39, 0.29) is 17.9 Å². The zero-order valence-corrected chi connectivity index (χ0v) is 22.5. The molecule has 4 rings (SSSR count). The second-order valence-electron chi connectivity index (χ2n) is 8.83. The van der Waals surface area contributed by atoms with Gasteiger partial charge in [0.15, 0.2) is 29.7 Å². The van der Waals surface area contributed by atoms with Gasteiger partial charge in [0.2, 0.25) is 5.56 Å². The van der Waals surface area contributed by atoms with E-state index in [1.807, 2.05) is 0 Å². The molecule has 1 aliphatic heterocycles. The largest absolute Gasteiger partial charge is 0.463 e.